The summed E-state index contributed by atoms with van der Waals surface area (Å²) in [7, 11) is 0. The summed E-state index contributed by atoms with van der Waals surface area (Å²) < 4.78 is 26.7. The van der Waals surface area contributed by atoms with Crippen molar-refractivity contribution in [2.75, 3.05) is 5.32 Å². The summed E-state index contributed by atoms with van der Waals surface area (Å²) in [6.07, 6.45) is 0. The molecule has 0 aromatic heterocycles. The lowest BCUT2D eigenvalue weighted by atomic mass is 10.2. The van der Waals surface area contributed by atoms with Gasteiger partial charge in [0.05, 0.1) is 16.7 Å². The molecule has 0 atom stereocenters. The minimum Gasteiger partial charge on any atom is -0.379 e. The van der Waals surface area contributed by atoms with E-state index in [1.54, 1.807) is 0 Å². The van der Waals surface area contributed by atoms with Crippen LogP contribution in [0.4, 0.5) is 20.2 Å². The highest BCUT2D eigenvalue weighted by atomic mass is 35.5. The zero-order valence-corrected chi connectivity index (χ0v) is 10.8. The number of hydrogen-bond acceptors (Lipinski definition) is 3. The first-order valence-corrected chi connectivity index (χ1v) is 5.96. The molecule has 7 heteroatoms. The second-order valence-electron chi connectivity index (χ2n) is 4.05. The molecule has 0 bridgehead atoms. The molecule has 20 heavy (non-hydrogen) atoms. The van der Waals surface area contributed by atoms with Gasteiger partial charge in [-0.2, -0.15) is 0 Å². The standard InChI is InChI=1S/C13H9ClF2N2O2/c14-9-1-2-13(12(16)5-9)17-7-8-3-10(15)6-11(4-8)18(19)20/h1-6,17H,7H2. The summed E-state index contributed by atoms with van der Waals surface area (Å²) in [6.45, 7) is 0.0527. The number of nitro groups is 1. The van der Waals surface area contributed by atoms with Crippen LogP contribution in [0.2, 0.25) is 5.02 Å². The smallest absolute Gasteiger partial charge is 0.272 e. The average molecular weight is 299 g/mol. The van der Waals surface area contributed by atoms with Crippen molar-refractivity contribution < 1.29 is 13.7 Å². The predicted octanol–water partition coefficient (Wildman–Crippen LogP) is 4.14. The lowest BCUT2D eigenvalue weighted by Crippen LogP contribution is -2.02. The van der Waals surface area contributed by atoms with E-state index in [2.05, 4.69) is 5.32 Å². The Balaban J connectivity index is 2.16. The van der Waals surface area contributed by atoms with Crippen LogP contribution in [0.15, 0.2) is 36.4 Å². The summed E-state index contributed by atoms with van der Waals surface area (Å²) in [5.74, 6) is -1.27. The molecule has 0 fully saturated rings. The van der Waals surface area contributed by atoms with E-state index in [9.17, 15) is 18.9 Å². The van der Waals surface area contributed by atoms with Gasteiger partial charge >= 0.3 is 0 Å². The van der Waals surface area contributed by atoms with Gasteiger partial charge in [-0.1, -0.05) is 11.6 Å². The molecule has 1 N–H and O–H groups in total. The van der Waals surface area contributed by atoms with Gasteiger partial charge in [0, 0.05) is 17.6 Å². The minimum atomic E-state index is -0.715. The molecule has 0 aliphatic heterocycles. The first-order valence-electron chi connectivity index (χ1n) is 5.58. The SMILES string of the molecule is O=[N+]([O-])c1cc(F)cc(CNc2ccc(Cl)cc2F)c1. The summed E-state index contributed by atoms with van der Waals surface area (Å²) in [4.78, 5) is 9.93. The fraction of sp³-hybridized carbons (Fsp3) is 0.0769. The number of nitro benzene ring substituents is 1. The molecular weight excluding hydrogens is 290 g/mol. The van der Waals surface area contributed by atoms with Crippen molar-refractivity contribution in [3.05, 3.63) is 68.7 Å². The minimum absolute atomic E-state index is 0.0527. The van der Waals surface area contributed by atoms with Gasteiger partial charge in [0.15, 0.2) is 0 Å². The molecule has 0 aliphatic carbocycles. The highest BCUT2D eigenvalue weighted by Crippen LogP contribution is 2.21. The fourth-order valence-corrected chi connectivity index (χ4v) is 1.83. The second-order valence-corrected chi connectivity index (χ2v) is 4.49. The Bertz CT molecular complexity index is 665. The zero-order chi connectivity index (χ0) is 14.7. The second kappa shape index (κ2) is 5.83. The quantitative estimate of drug-likeness (QED) is 0.682. The maximum atomic E-state index is 13.5. The van der Waals surface area contributed by atoms with Crippen LogP contribution in [0, 0.1) is 21.7 Å². The number of anilines is 1. The molecule has 0 radical (unpaired) electrons. The van der Waals surface area contributed by atoms with Crippen LogP contribution in [-0.2, 0) is 6.54 Å². The van der Waals surface area contributed by atoms with E-state index in [-0.39, 0.29) is 22.9 Å². The topological polar surface area (TPSA) is 55.2 Å². The number of rotatable bonds is 4. The van der Waals surface area contributed by atoms with Crippen molar-refractivity contribution in [3.63, 3.8) is 0 Å². The number of nitrogens with one attached hydrogen (secondary N) is 1. The highest BCUT2D eigenvalue weighted by Gasteiger charge is 2.10. The molecule has 0 heterocycles. The van der Waals surface area contributed by atoms with E-state index in [0.29, 0.717) is 5.56 Å². The lowest BCUT2D eigenvalue weighted by molar-refractivity contribution is -0.385. The number of halogens is 3. The van der Waals surface area contributed by atoms with Crippen LogP contribution >= 0.6 is 11.6 Å². The van der Waals surface area contributed by atoms with E-state index < -0.39 is 16.6 Å². The molecule has 4 nitrogen and oxygen atoms in total. The third-order valence-corrected chi connectivity index (χ3v) is 2.80. The molecule has 0 amide bonds. The van der Waals surface area contributed by atoms with E-state index in [0.717, 1.165) is 18.2 Å². The third-order valence-electron chi connectivity index (χ3n) is 2.57. The average Bonchev–Trinajstić information content (AvgIpc) is 2.37. The Morgan fingerprint density at radius 2 is 1.95 bits per heavy atom. The molecule has 0 saturated carbocycles. The normalized spacial score (nSPS) is 10.3. The molecular formula is C13H9ClF2N2O2. The van der Waals surface area contributed by atoms with Crippen LogP contribution in [0.3, 0.4) is 0 Å². The lowest BCUT2D eigenvalue weighted by Gasteiger charge is -2.08. The zero-order valence-electron chi connectivity index (χ0n) is 10.1. The van der Waals surface area contributed by atoms with Crippen LogP contribution in [0.5, 0.6) is 0 Å². The predicted molar refractivity (Wildman–Crippen MR) is 71.8 cm³/mol. The molecule has 2 aromatic rings. The van der Waals surface area contributed by atoms with Gasteiger partial charge in [0.25, 0.3) is 5.69 Å². The van der Waals surface area contributed by atoms with Crippen molar-refractivity contribution in [2.45, 2.75) is 6.54 Å². The third kappa shape index (κ3) is 3.42. The fourth-order valence-electron chi connectivity index (χ4n) is 1.67. The van der Waals surface area contributed by atoms with Crippen LogP contribution in [0.25, 0.3) is 0 Å². The molecule has 2 aromatic carbocycles. The number of nitrogens with zero attached hydrogens (tertiary/aromatic N) is 1. The molecule has 0 unspecified atom stereocenters. The molecule has 0 saturated heterocycles. The van der Waals surface area contributed by atoms with Gasteiger partial charge in [-0.15, -0.1) is 0 Å². The first kappa shape index (κ1) is 14.2. The monoisotopic (exact) mass is 298 g/mol. The Kier molecular flexibility index (Phi) is 4.14. The van der Waals surface area contributed by atoms with E-state index >= 15 is 0 Å². The van der Waals surface area contributed by atoms with Gasteiger partial charge in [-0.25, -0.2) is 8.78 Å². The van der Waals surface area contributed by atoms with E-state index in [1.165, 1.54) is 18.2 Å². The summed E-state index contributed by atoms with van der Waals surface area (Å²) >= 11 is 5.62. The van der Waals surface area contributed by atoms with Gasteiger partial charge in [0.2, 0.25) is 0 Å². The molecule has 104 valence electrons. The number of benzene rings is 2. The van der Waals surface area contributed by atoms with Crippen LogP contribution in [-0.4, -0.2) is 4.92 Å². The first-order chi connectivity index (χ1) is 9.45. The number of hydrogen-bond donors (Lipinski definition) is 1. The van der Waals surface area contributed by atoms with Crippen molar-refractivity contribution in [3.8, 4) is 0 Å². The Morgan fingerprint density at radius 3 is 2.60 bits per heavy atom. The van der Waals surface area contributed by atoms with Crippen molar-refractivity contribution in [1.29, 1.82) is 0 Å². The van der Waals surface area contributed by atoms with Gasteiger partial charge in [-0.3, -0.25) is 10.1 Å². The van der Waals surface area contributed by atoms with Gasteiger partial charge in [-0.05, 0) is 29.8 Å². The van der Waals surface area contributed by atoms with Gasteiger partial charge < -0.3 is 5.32 Å². The van der Waals surface area contributed by atoms with E-state index in [4.69, 9.17) is 11.6 Å². The Labute approximate surface area is 118 Å². The number of non-ortho nitro benzene ring substituents is 1. The summed E-state index contributed by atoms with van der Waals surface area (Å²) in [5.41, 5.74) is 0.172. The Hall–Kier alpha value is -2.21. The van der Waals surface area contributed by atoms with Gasteiger partial charge in [0.1, 0.15) is 11.6 Å². The maximum absolute atomic E-state index is 13.5. The van der Waals surface area contributed by atoms with Crippen molar-refractivity contribution >= 4 is 23.0 Å². The largest absolute Gasteiger partial charge is 0.379 e. The van der Waals surface area contributed by atoms with Crippen molar-refractivity contribution in [2.24, 2.45) is 0 Å². The van der Waals surface area contributed by atoms with Crippen LogP contribution < -0.4 is 5.32 Å². The van der Waals surface area contributed by atoms with E-state index in [1.807, 2.05) is 0 Å². The molecule has 0 aliphatic rings. The molecule has 2 rings (SSSR count). The van der Waals surface area contributed by atoms with Crippen LogP contribution in [0.1, 0.15) is 5.56 Å². The highest BCUT2D eigenvalue weighted by molar-refractivity contribution is 6.30. The van der Waals surface area contributed by atoms with Crippen molar-refractivity contribution in [1.82, 2.24) is 0 Å². The maximum Gasteiger partial charge on any atom is 0.272 e. The summed E-state index contributed by atoms with van der Waals surface area (Å²) in [5, 5.41) is 13.6. The molecule has 0 spiro atoms. The summed E-state index contributed by atoms with van der Waals surface area (Å²) in [6, 6.07) is 7.27. The Morgan fingerprint density at radius 1 is 1.20 bits per heavy atom.